The first kappa shape index (κ1) is 23.4. The van der Waals surface area contributed by atoms with Crippen molar-refractivity contribution in [1.82, 2.24) is 25.6 Å². The molecule has 2 aliphatic heterocycles. The van der Waals surface area contributed by atoms with E-state index < -0.39 is 17.5 Å². The number of benzene rings is 1. The van der Waals surface area contributed by atoms with Crippen molar-refractivity contribution in [2.24, 2.45) is 0 Å². The molecule has 9 heteroatoms. The third-order valence-corrected chi connectivity index (χ3v) is 7.28. The second-order valence-corrected chi connectivity index (χ2v) is 9.90. The molecule has 2 saturated heterocycles. The van der Waals surface area contributed by atoms with Crippen LogP contribution in [-0.4, -0.2) is 77.5 Å². The Morgan fingerprint density at radius 3 is 2.45 bits per heavy atom. The summed E-state index contributed by atoms with van der Waals surface area (Å²) in [5.74, 6) is -0.770. The molecule has 3 heterocycles. The molecule has 1 unspecified atom stereocenters. The van der Waals surface area contributed by atoms with Crippen LogP contribution in [0.25, 0.3) is 0 Å². The normalized spacial score (nSPS) is 21.9. The standard InChI is InChI=1S/C24H31N5O3S/c1-24(11-9-19-6-3-2-4-7-19)22(31)29(23(32)25-24)26-21(30)18-28-15-13-27(14-16-28)12-10-20-8-5-17-33-20/h2-8,17H,9-16,18H2,1H3,(H,25,32)(H,26,30). The molecule has 4 rings (SSSR count). The van der Waals surface area contributed by atoms with E-state index in [1.165, 1.54) is 4.88 Å². The van der Waals surface area contributed by atoms with Gasteiger partial charge in [-0.05, 0) is 43.2 Å². The molecule has 4 amide bonds. The molecule has 0 spiro atoms. The molecule has 1 atom stereocenters. The van der Waals surface area contributed by atoms with E-state index >= 15 is 0 Å². The third kappa shape index (κ3) is 5.98. The molecule has 176 valence electrons. The Hall–Kier alpha value is -2.75. The predicted molar refractivity (Wildman–Crippen MR) is 128 cm³/mol. The van der Waals surface area contributed by atoms with Gasteiger partial charge in [-0.2, -0.15) is 5.01 Å². The number of urea groups is 1. The Labute approximate surface area is 198 Å². The zero-order chi connectivity index (χ0) is 23.3. The van der Waals surface area contributed by atoms with E-state index in [0.29, 0.717) is 12.8 Å². The van der Waals surface area contributed by atoms with Crippen LogP contribution in [0.4, 0.5) is 4.79 Å². The third-order valence-electron chi connectivity index (χ3n) is 6.34. The number of nitrogens with one attached hydrogen (secondary N) is 2. The van der Waals surface area contributed by atoms with Crippen molar-refractivity contribution in [3.63, 3.8) is 0 Å². The van der Waals surface area contributed by atoms with E-state index in [4.69, 9.17) is 0 Å². The number of carbonyl (C=O) groups is 3. The zero-order valence-electron chi connectivity index (χ0n) is 19.0. The van der Waals surface area contributed by atoms with Crippen LogP contribution < -0.4 is 10.7 Å². The van der Waals surface area contributed by atoms with Crippen LogP contribution in [0.15, 0.2) is 47.8 Å². The molecule has 1 aromatic heterocycles. The summed E-state index contributed by atoms with van der Waals surface area (Å²) in [6.45, 7) is 6.26. The number of imide groups is 1. The van der Waals surface area contributed by atoms with Gasteiger partial charge in [0.05, 0.1) is 6.54 Å². The minimum Gasteiger partial charge on any atom is -0.322 e. The van der Waals surface area contributed by atoms with Gasteiger partial charge in [0.15, 0.2) is 0 Å². The molecular formula is C24H31N5O3S. The quantitative estimate of drug-likeness (QED) is 0.548. The highest BCUT2D eigenvalue weighted by atomic mass is 32.1. The topological polar surface area (TPSA) is 85.0 Å². The predicted octanol–water partition coefficient (Wildman–Crippen LogP) is 1.88. The molecule has 2 fully saturated rings. The van der Waals surface area contributed by atoms with E-state index in [2.05, 4.69) is 38.1 Å². The summed E-state index contributed by atoms with van der Waals surface area (Å²) in [5.41, 5.74) is 2.57. The Morgan fingerprint density at radius 2 is 1.76 bits per heavy atom. The fourth-order valence-electron chi connectivity index (χ4n) is 4.25. The van der Waals surface area contributed by atoms with Gasteiger partial charge >= 0.3 is 6.03 Å². The average molecular weight is 470 g/mol. The SMILES string of the molecule is CC1(CCc2ccccc2)NC(=O)N(NC(=O)CN2CCN(CCc3cccs3)CC2)C1=O. The number of hydrogen-bond acceptors (Lipinski definition) is 6. The van der Waals surface area contributed by atoms with Crippen LogP contribution in [0.3, 0.4) is 0 Å². The first-order chi connectivity index (χ1) is 15.9. The summed E-state index contributed by atoms with van der Waals surface area (Å²) >= 11 is 1.78. The minimum atomic E-state index is -1.03. The number of nitrogens with zero attached hydrogens (tertiary/aromatic N) is 3. The Balaban J connectivity index is 1.21. The maximum atomic E-state index is 12.9. The van der Waals surface area contributed by atoms with Crippen LogP contribution in [0, 0.1) is 0 Å². The van der Waals surface area contributed by atoms with Crippen molar-refractivity contribution in [3.05, 3.63) is 58.3 Å². The van der Waals surface area contributed by atoms with Gasteiger partial charge in [-0.3, -0.25) is 19.9 Å². The molecule has 2 aromatic rings. The number of amides is 4. The van der Waals surface area contributed by atoms with Crippen molar-refractivity contribution < 1.29 is 14.4 Å². The molecule has 0 saturated carbocycles. The number of hydrazine groups is 1. The van der Waals surface area contributed by atoms with Gasteiger partial charge in [-0.25, -0.2) is 4.79 Å². The number of thiophene rings is 1. The zero-order valence-corrected chi connectivity index (χ0v) is 19.8. The largest absolute Gasteiger partial charge is 0.344 e. The minimum absolute atomic E-state index is 0.163. The highest BCUT2D eigenvalue weighted by molar-refractivity contribution is 7.09. The molecule has 0 bridgehead atoms. The van der Waals surface area contributed by atoms with E-state index in [0.717, 1.165) is 49.7 Å². The van der Waals surface area contributed by atoms with Crippen LogP contribution in [0.1, 0.15) is 23.8 Å². The van der Waals surface area contributed by atoms with Gasteiger partial charge in [-0.1, -0.05) is 36.4 Å². The first-order valence-electron chi connectivity index (χ1n) is 11.4. The molecular weight excluding hydrogens is 438 g/mol. The number of aryl methyl sites for hydroxylation is 1. The number of carbonyl (C=O) groups excluding carboxylic acids is 3. The Morgan fingerprint density at radius 1 is 1.03 bits per heavy atom. The molecule has 0 radical (unpaired) electrons. The van der Waals surface area contributed by atoms with Crippen molar-refractivity contribution in [2.45, 2.75) is 31.7 Å². The van der Waals surface area contributed by atoms with Crippen molar-refractivity contribution in [1.29, 1.82) is 0 Å². The summed E-state index contributed by atoms with van der Waals surface area (Å²) in [6.07, 6.45) is 2.16. The Bertz CT molecular complexity index is 960. The second-order valence-electron chi connectivity index (χ2n) is 8.87. The van der Waals surface area contributed by atoms with E-state index in [9.17, 15) is 14.4 Å². The van der Waals surface area contributed by atoms with Gasteiger partial charge in [0.1, 0.15) is 5.54 Å². The molecule has 33 heavy (non-hydrogen) atoms. The van der Waals surface area contributed by atoms with Crippen LogP contribution in [0.2, 0.25) is 0 Å². The number of piperazine rings is 1. The number of hydrogen-bond donors (Lipinski definition) is 2. The smallest absolute Gasteiger partial charge is 0.322 e. The summed E-state index contributed by atoms with van der Waals surface area (Å²) in [4.78, 5) is 43.7. The van der Waals surface area contributed by atoms with E-state index in [-0.39, 0.29) is 12.5 Å². The lowest BCUT2D eigenvalue weighted by Gasteiger charge is -2.34. The van der Waals surface area contributed by atoms with Gasteiger partial charge in [0.2, 0.25) is 0 Å². The van der Waals surface area contributed by atoms with E-state index in [1.54, 1.807) is 18.3 Å². The van der Waals surface area contributed by atoms with Crippen LogP contribution in [0.5, 0.6) is 0 Å². The highest BCUT2D eigenvalue weighted by Gasteiger charge is 2.48. The highest BCUT2D eigenvalue weighted by Crippen LogP contribution is 2.22. The molecule has 8 nitrogen and oxygen atoms in total. The van der Waals surface area contributed by atoms with E-state index in [1.807, 2.05) is 30.3 Å². The lowest BCUT2D eigenvalue weighted by Crippen LogP contribution is -2.54. The summed E-state index contributed by atoms with van der Waals surface area (Å²) in [7, 11) is 0. The van der Waals surface area contributed by atoms with Gasteiger partial charge in [0, 0.05) is 37.6 Å². The monoisotopic (exact) mass is 469 g/mol. The fourth-order valence-corrected chi connectivity index (χ4v) is 4.95. The van der Waals surface area contributed by atoms with Crippen LogP contribution >= 0.6 is 11.3 Å². The van der Waals surface area contributed by atoms with Gasteiger partial charge < -0.3 is 10.2 Å². The van der Waals surface area contributed by atoms with Gasteiger partial charge in [-0.15, -0.1) is 11.3 Å². The fraction of sp³-hybridized carbons (Fsp3) is 0.458. The molecule has 2 N–H and O–H groups in total. The Kier molecular flexibility index (Phi) is 7.42. The number of rotatable bonds is 9. The summed E-state index contributed by atoms with van der Waals surface area (Å²) in [5, 5.41) is 5.68. The molecule has 2 aliphatic rings. The van der Waals surface area contributed by atoms with Crippen molar-refractivity contribution in [3.8, 4) is 0 Å². The second kappa shape index (κ2) is 10.5. The lowest BCUT2D eigenvalue weighted by atomic mass is 9.93. The maximum Gasteiger partial charge on any atom is 0.344 e. The summed E-state index contributed by atoms with van der Waals surface area (Å²) < 4.78 is 0. The first-order valence-corrected chi connectivity index (χ1v) is 12.3. The maximum absolute atomic E-state index is 12.9. The average Bonchev–Trinajstić information content (AvgIpc) is 3.41. The van der Waals surface area contributed by atoms with Gasteiger partial charge in [0.25, 0.3) is 11.8 Å². The molecule has 1 aromatic carbocycles. The summed E-state index contributed by atoms with van der Waals surface area (Å²) in [6, 6.07) is 13.5. The van der Waals surface area contributed by atoms with Crippen LogP contribution in [-0.2, 0) is 22.4 Å². The lowest BCUT2D eigenvalue weighted by molar-refractivity contribution is -0.139. The molecule has 0 aliphatic carbocycles. The van der Waals surface area contributed by atoms with Crippen molar-refractivity contribution in [2.75, 3.05) is 39.3 Å². The van der Waals surface area contributed by atoms with Crippen molar-refractivity contribution >= 4 is 29.2 Å².